The third-order valence-electron chi connectivity index (χ3n) is 7.63. The Balaban J connectivity index is 1.17. The standard InChI is InChI=1S/C26H26F2N2O5/c1-14-15(24(32)33)10-11-30(14)23(31)22-21(26(22,27)28)12-29-25(34)35-13-20-18-8-4-2-6-16(18)17-7-3-5-9-19(17)20/h2-9,14-15,20-22H,10-13H2,1H3,(H,29,34)(H,32,33). The zero-order chi connectivity index (χ0) is 24.9. The molecule has 2 N–H and O–H groups in total. The molecule has 3 aliphatic rings. The van der Waals surface area contributed by atoms with Gasteiger partial charge in [0.15, 0.2) is 0 Å². The van der Waals surface area contributed by atoms with E-state index in [9.17, 15) is 28.3 Å². The van der Waals surface area contributed by atoms with Crippen LogP contribution in [0.4, 0.5) is 13.6 Å². The van der Waals surface area contributed by atoms with Crippen LogP contribution in [0, 0.1) is 17.8 Å². The molecular weight excluding hydrogens is 458 g/mol. The number of carboxylic acid groups (broad SMARTS) is 1. The summed E-state index contributed by atoms with van der Waals surface area (Å²) in [6.07, 6.45) is -0.579. The smallest absolute Gasteiger partial charge is 0.407 e. The summed E-state index contributed by atoms with van der Waals surface area (Å²) in [5.41, 5.74) is 4.25. The van der Waals surface area contributed by atoms with Gasteiger partial charge < -0.3 is 20.1 Å². The first-order valence-electron chi connectivity index (χ1n) is 11.7. The van der Waals surface area contributed by atoms with Gasteiger partial charge in [0.1, 0.15) is 12.5 Å². The Kier molecular flexibility index (Phi) is 5.73. The maximum Gasteiger partial charge on any atom is 0.407 e. The Morgan fingerprint density at radius 2 is 1.69 bits per heavy atom. The summed E-state index contributed by atoms with van der Waals surface area (Å²) >= 11 is 0. The average molecular weight is 484 g/mol. The Labute approximate surface area is 201 Å². The average Bonchev–Trinajstić information content (AvgIpc) is 3.10. The third kappa shape index (κ3) is 3.92. The van der Waals surface area contributed by atoms with Gasteiger partial charge in [-0.05, 0) is 35.6 Å². The molecule has 1 saturated carbocycles. The molecule has 0 aromatic heterocycles. The minimum absolute atomic E-state index is 0.0607. The van der Waals surface area contributed by atoms with Crippen LogP contribution in [0.2, 0.25) is 0 Å². The Hall–Kier alpha value is -3.49. The molecule has 1 aliphatic heterocycles. The summed E-state index contributed by atoms with van der Waals surface area (Å²) in [5, 5.41) is 11.6. The number of aliphatic carboxylic acids is 1. The monoisotopic (exact) mass is 484 g/mol. The summed E-state index contributed by atoms with van der Waals surface area (Å²) < 4.78 is 34.2. The molecule has 35 heavy (non-hydrogen) atoms. The van der Waals surface area contributed by atoms with Crippen molar-refractivity contribution in [2.45, 2.75) is 31.2 Å². The van der Waals surface area contributed by atoms with E-state index < -0.39 is 54.2 Å². The molecule has 2 aromatic carbocycles. The van der Waals surface area contributed by atoms with Gasteiger partial charge in [0.05, 0.1) is 11.8 Å². The SMILES string of the molecule is CC1C(C(=O)O)CCN1C(=O)C1C(CNC(=O)OCC2c3ccccc3-c3ccccc32)C1(F)F. The van der Waals surface area contributed by atoms with Gasteiger partial charge in [0.25, 0.3) is 5.92 Å². The molecule has 2 amide bonds. The van der Waals surface area contributed by atoms with Gasteiger partial charge in [-0.25, -0.2) is 13.6 Å². The van der Waals surface area contributed by atoms with Gasteiger partial charge >= 0.3 is 12.1 Å². The molecular formula is C26H26F2N2O5. The number of hydrogen-bond donors (Lipinski definition) is 2. The van der Waals surface area contributed by atoms with Crippen molar-refractivity contribution in [1.29, 1.82) is 0 Å². The predicted molar refractivity (Wildman–Crippen MR) is 122 cm³/mol. The number of carbonyl (C=O) groups is 3. The van der Waals surface area contributed by atoms with Crippen molar-refractivity contribution in [2.24, 2.45) is 17.8 Å². The van der Waals surface area contributed by atoms with E-state index >= 15 is 0 Å². The molecule has 1 saturated heterocycles. The van der Waals surface area contributed by atoms with Crippen molar-refractivity contribution in [3.63, 3.8) is 0 Å². The van der Waals surface area contributed by atoms with E-state index in [1.54, 1.807) is 6.92 Å². The summed E-state index contributed by atoms with van der Waals surface area (Å²) in [4.78, 5) is 37.5. The summed E-state index contributed by atoms with van der Waals surface area (Å²) in [7, 11) is 0. The second-order valence-corrected chi connectivity index (χ2v) is 9.47. The Morgan fingerprint density at radius 3 is 2.26 bits per heavy atom. The number of benzene rings is 2. The zero-order valence-corrected chi connectivity index (χ0v) is 19.1. The Morgan fingerprint density at radius 1 is 1.09 bits per heavy atom. The lowest BCUT2D eigenvalue weighted by molar-refractivity contribution is -0.143. The van der Waals surface area contributed by atoms with E-state index in [1.165, 1.54) is 4.90 Å². The fourth-order valence-corrected chi connectivity index (χ4v) is 5.58. The number of amides is 2. The van der Waals surface area contributed by atoms with Crippen LogP contribution in [-0.2, 0) is 14.3 Å². The van der Waals surface area contributed by atoms with Crippen molar-refractivity contribution in [2.75, 3.05) is 19.7 Å². The summed E-state index contributed by atoms with van der Waals surface area (Å²) in [6, 6.07) is 15.1. The fraction of sp³-hybridized carbons (Fsp3) is 0.423. The van der Waals surface area contributed by atoms with Gasteiger partial charge in [-0.2, -0.15) is 0 Å². The molecule has 4 unspecified atom stereocenters. The lowest BCUT2D eigenvalue weighted by Crippen LogP contribution is -2.39. The minimum Gasteiger partial charge on any atom is -0.481 e. The van der Waals surface area contributed by atoms with Crippen LogP contribution in [-0.4, -0.2) is 59.6 Å². The normalized spacial score (nSPS) is 26.1. The number of alkyl carbamates (subject to hydrolysis) is 1. The highest BCUT2D eigenvalue weighted by Crippen LogP contribution is 2.56. The zero-order valence-electron chi connectivity index (χ0n) is 19.1. The quantitative estimate of drug-likeness (QED) is 0.652. The second-order valence-electron chi connectivity index (χ2n) is 9.47. The largest absolute Gasteiger partial charge is 0.481 e. The topological polar surface area (TPSA) is 95.9 Å². The molecule has 5 rings (SSSR count). The van der Waals surface area contributed by atoms with Crippen LogP contribution in [0.25, 0.3) is 11.1 Å². The van der Waals surface area contributed by atoms with Crippen LogP contribution in [0.3, 0.4) is 0 Å². The van der Waals surface area contributed by atoms with Crippen molar-refractivity contribution in [3.05, 3.63) is 59.7 Å². The molecule has 2 aromatic rings. The molecule has 0 bridgehead atoms. The van der Waals surface area contributed by atoms with Crippen molar-refractivity contribution < 1.29 is 33.0 Å². The molecule has 9 heteroatoms. The van der Waals surface area contributed by atoms with Crippen LogP contribution in [0.15, 0.2) is 48.5 Å². The maximum absolute atomic E-state index is 14.4. The lowest BCUT2D eigenvalue weighted by Gasteiger charge is -2.23. The van der Waals surface area contributed by atoms with Crippen molar-refractivity contribution >= 4 is 18.0 Å². The van der Waals surface area contributed by atoms with Crippen molar-refractivity contribution in [1.82, 2.24) is 10.2 Å². The van der Waals surface area contributed by atoms with E-state index in [1.807, 2.05) is 48.5 Å². The molecule has 184 valence electrons. The Bertz CT molecular complexity index is 1140. The van der Waals surface area contributed by atoms with E-state index in [0.717, 1.165) is 22.3 Å². The first-order valence-corrected chi connectivity index (χ1v) is 11.7. The van der Waals surface area contributed by atoms with Crippen LogP contribution >= 0.6 is 0 Å². The highest BCUT2D eigenvalue weighted by atomic mass is 19.3. The molecule has 4 atom stereocenters. The maximum atomic E-state index is 14.4. The van der Waals surface area contributed by atoms with E-state index in [0.29, 0.717) is 0 Å². The van der Waals surface area contributed by atoms with E-state index in [4.69, 9.17) is 4.74 Å². The molecule has 2 fully saturated rings. The van der Waals surface area contributed by atoms with E-state index in [2.05, 4.69) is 5.32 Å². The number of carbonyl (C=O) groups excluding carboxylic acids is 2. The molecule has 7 nitrogen and oxygen atoms in total. The first kappa shape index (κ1) is 23.3. The molecule has 1 heterocycles. The van der Waals surface area contributed by atoms with Gasteiger partial charge in [-0.15, -0.1) is 0 Å². The number of fused-ring (bicyclic) bond motifs is 3. The molecule has 0 radical (unpaired) electrons. The van der Waals surface area contributed by atoms with E-state index in [-0.39, 0.29) is 25.5 Å². The van der Waals surface area contributed by atoms with Gasteiger partial charge in [-0.3, -0.25) is 9.59 Å². The number of likely N-dealkylation sites (tertiary alicyclic amines) is 1. The number of rotatable bonds is 6. The van der Waals surface area contributed by atoms with Gasteiger partial charge in [-0.1, -0.05) is 48.5 Å². The fourth-order valence-electron chi connectivity index (χ4n) is 5.58. The van der Waals surface area contributed by atoms with Crippen LogP contribution in [0.1, 0.15) is 30.4 Å². The van der Waals surface area contributed by atoms with Gasteiger partial charge in [0, 0.05) is 25.0 Å². The third-order valence-corrected chi connectivity index (χ3v) is 7.63. The highest BCUT2D eigenvalue weighted by Gasteiger charge is 2.72. The number of nitrogens with zero attached hydrogens (tertiary/aromatic N) is 1. The minimum atomic E-state index is -3.26. The number of carboxylic acids is 1. The first-order chi connectivity index (χ1) is 16.7. The van der Waals surface area contributed by atoms with Crippen molar-refractivity contribution in [3.8, 4) is 11.1 Å². The predicted octanol–water partition coefficient (Wildman–Crippen LogP) is 3.73. The molecule has 0 spiro atoms. The number of ether oxygens (including phenoxy) is 1. The van der Waals surface area contributed by atoms with Gasteiger partial charge in [0.2, 0.25) is 5.91 Å². The highest BCUT2D eigenvalue weighted by molar-refractivity contribution is 5.86. The van der Waals surface area contributed by atoms with Crippen LogP contribution in [0.5, 0.6) is 0 Å². The summed E-state index contributed by atoms with van der Waals surface area (Å²) in [6.45, 7) is 1.36. The second kappa shape index (κ2) is 8.62. The summed E-state index contributed by atoms with van der Waals surface area (Å²) in [5.74, 6) is -8.87. The number of halogens is 2. The number of alkyl halides is 2. The molecule has 2 aliphatic carbocycles. The number of nitrogens with one attached hydrogen (secondary N) is 1. The lowest BCUT2D eigenvalue weighted by atomic mass is 9.98. The number of hydrogen-bond acceptors (Lipinski definition) is 4. The van der Waals surface area contributed by atoms with Crippen LogP contribution < -0.4 is 5.32 Å².